The molecule has 482 valence electrons. The van der Waals surface area contributed by atoms with Gasteiger partial charge in [-0.05, 0) is 156 Å². The van der Waals surface area contributed by atoms with E-state index < -0.39 is 109 Å². The molecule has 4 aromatic rings. The standard InChI is InChI=1S/C41H54N4O9S.C24H28F2N2O6/c1-25-34-29(30-21-28(52-6)14-15-31(30)42-25)16-17-40(54-34)23-32-35(47)43-41(37(49)44-55(50,51)39(5)18-19-39)22-27(41)13-11-9-7-8-10-12-26(36(48)45(32)24-40)20-33(46)53-38(2,3)4;1-23(2,3)34-22(30)28-12-24(11-17(28)21(29)32-5)9-8-14-15-10-13(31-4)6-7-16(15)27-18(20(25)26)19(14)33-24/h11,13-15,21,26-27,32H,7-10,12,16-20,22-24H2,1-6H3,(H,43,47)(H,44,49);6-7,10,17,20H,8-9,11-12H2,1-5H3/b13-11-;/t26-,27-,32+,40-,41-;17-,24+/m10/s1. The van der Waals surface area contributed by atoms with Crippen LogP contribution >= 0.6 is 0 Å². The topological polar surface area (TPSA) is 257 Å². The molecule has 2 aliphatic carbocycles. The maximum atomic E-state index is 14.8. The molecule has 21 nitrogen and oxygen atoms in total. The van der Waals surface area contributed by atoms with E-state index in [4.69, 9.17) is 38.1 Å². The summed E-state index contributed by atoms with van der Waals surface area (Å²) in [4.78, 5) is 93.8. The number of allylic oxidation sites excluding steroid dienone is 1. The Balaban J connectivity index is 0.000000220. The second-order valence-corrected chi connectivity index (χ2v) is 29.4. The number of hydrogen-bond donors (Lipinski definition) is 2. The van der Waals surface area contributed by atoms with Crippen molar-refractivity contribution in [3.8, 4) is 23.0 Å². The minimum absolute atomic E-state index is 0.0000535. The van der Waals surface area contributed by atoms with Crippen LogP contribution in [0.15, 0.2) is 48.6 Å². The van der Waals surface area contributed by atoms with Gasteiger partial charge in [0.05, 0.1) is 62.3 Å². The van der Waals surface area contributed by atoms with Gasteiger partial charge in [-0.15, -0.1) is 0 Å². The first-order valence-corrected chi connectivity index (χ1v) is 32.1. The van der Waals surface area contributed by atoms with Crippen molar-refractivity contribution in [3.63, 3.8) is 0 Å². The Morgan fingerprint density at radius 1 is 0.798 bits per heavy atom. The number of pyridine rings is 2. The van der Waals surface area contributed by atoms with Gasteiger partial charge in [0.25, 0.3) is 12.3 Å². The van der Waals surface area contributed by atoms with Crippen LogP contribution < -0.4 is 29.0 Å². The number of methoxy groups -OCH3 is 3. The molecule has 2 N–H and O–H groups in total. The number of carbonyl (C=O) groups is 6. The van der Waals surface area contributed by atoms with Crippen LogP contribution in [0.2, 0.25) is 0 Å². The Morgan fingerprint density at radius 2 is 1.40 bits per heavy atom. The van der Waals surface area contributed by atoms with Gasteiger partial charge >= 0.3 is 18.0 Å². The molecule has 2 aromatic heterocycles. The summed E-state index contributed by atoms with van der Waals surface area (Å²) in [6, 6.07) is 8.75. The number of aromatic nitrogens is 2. The number of fused-ring (bicyclic) bond motifs is 8. The average molecular weight is 1260 g/mol. The van der Waals surface area contributed by atoms with Crippen LogP contribution in [0.5, 0.6) is 23.0 Å². The number of amides is 4. The molecular formula is C65H82F2N6O15S. The van der Waals surface area contributed by atoms with E-state index in [-0.39, 0.29) is 50.4 Å². The van der Waals surface area contributed by atoms with E-state index in [1.165, 1.54) is 24.0 Å². The summed E-state index contributed by atoms with van der Waals surface area (Å²) in [5.41, 5.74) is -2.00. The quantitative estimate of drug-likeness (QED) is 0.0898. The smallest absolute Gasteiger partial charge is 0.411 e. The van der Waals surface area contributed by atoms with E-state index in [0.29, 0.717) is 90.8 Å². The number of rotatable bonds is 9. The lowest BCUT2D eigenvalue weighted by Gasteiger charge is -2.36. The number of alkyl halides is 2. The van der Waals surface area contributed by atoms with Gasteiger partial charge in [0.15, 0.2) is 5.75 Å². The van der Waals surface area contributed by atoms with E-state index in [1.54, 1.807) is 73.8 Å². The maximum absolute atomic E-state index is 14.8. The Kier molecular flexibility index (Phi) is 17.5. The van der Waals surface area contributed by atoms with Crippen molar-refractivity contribution in [2.24, 2.45) is 11.8 Å². The number of carbonyl (C=O) groups excluding carboxylic acids is 6. The van der Waals surface area contributed by atoms with Crippen LogP contribution in [0, 0.1) is 18.8 Å². The molecule has 24 heteroatoms. The molecule has 4 amide bonds. The number of aryl methyl sites for hydroxylation is 3. The van der Waals surface area contributed by atoms with Crippen molar-refractivity contribution in [1.82, 2.24) is 29.8 Å². The van der Waals surface area contributed by atoms with Crippen LogP contribution in [0.4, 0.5) is 13.6 Å². The lowest BCUT2D eigenvalue weighted by molar-refractivity contribution is -0.159. The zero-order valence-corrected chi connectivity index (χ0v) is 53.4. The first-order chi connectivity index (χ1) is 41.8. The summed E-state index contributed by atoms with van der Waals surface area (Å²) >= 11 is 0. The minimum atomic E-state index is -3.98. The van der Waals surface area contributed by atoms with Crippen LogP contribution in [0.1, 0.15) is 161 Å². The average Bonchev–Trinajstić information content (AvgIpc) is 1.99. The summed E-state index contributed by atoms with van der Waals surface area (Å²) < 4.78 is 95.7. The van der Waals surface area contributed by atoms with Gasteiger partial charge in [0.2, 0.25) is 21.8 Å². The highest BCUT2D eigenvalue weighted by atomic mass is 32.2. The third-order valence-corrected chi connectivity index (χ3v) is 20.4. The van der Waals surface area contributed by atoms with Gasteiger partial charge in [0, 0.05) is 46.6 Å². The molecule has 7 atom stereocenters. The van der Waals surface area contributed by atoms with Crippen molar-refractivity contribution >= 4 is 67.6 Å². The predicted octanol–water partition coefficient (Wildman–Crippen LogP) is 9.39. The predicted molar refractivity (Wildman–Crippen MR) is 323 cm³/mol. The molecular weight excluding hydrogens is 1170 g/mol. The van der Waals surface area contributed by atoms with Gasteiger partial charge < -0.3 is 43.4 Å². The Labute approximate surface area is 517 Å². The monoisotopic (exact) mass is 1260 g/mol. The highest BCUT2D eigenvalue weighted by Crippen LogP contribution is 2.51. The molecule has 0 radical (unpaired) electrons. The van der Waals surface area contributed by atoms with Gasteiger partial charge in [-0.3, -0.25) is 28.8 Å². The lowest BCUT2D eigenvalue weighted by atomic mass is 9.87. The number of sulfonamides is 1. The molecule has 2 saturated heterocycles. The number of benzene rings is 2. The maximum Gasteiger partial charge on any atom is 0.411 e. The molecule has 89 heavy (non-hydrogen) atoms. The molecule has 11 rings (SSSR count). The summed E-state index contributed by atoms with van der Waals surface area (Å²) in [6.45, 7) is 14.1. The van der Waals surface area contributed by atoms with E-state index in [9.17, 15) is 46.0 Å². The molecule has 0 bridgehead atoms. The van der Waals surface area contributed by atoms with Crippen LogP contribution in [-0.2, 0) is 61.0 Å². The van der Waals surface area contributed by atoms with Gasteiger partial charge in [-0.25, -0.2) is 36.8 Å². The number of esters is 2. The van der Waals surface area contributed by atoms with Crippen molar-refractivity contribution in [2.75, 3.05) is 34.4 Å². The fraction of sp³-hybridized carbons (Fsp3) is 0.600. The number of ether oxygens (including phenoxy) is 7. The largest absolute Gasteiger partial charge is 0.497 e. The third kappa shape index (κ3) is 13.3. The van der Waals surface area contributed by atoms with Crippen molar-refractivity contribution in [1.29, 1.82) is 0 Å². The zero-order chi connectivity index (χ0) is 64.4. The number of likely N-dealkylation sites (tertiary alicyclic amines) is 1. The minimum Gasteiger partial charge on any atom is -0.497 e. The van der Waals surface area contributed by atoms with E-state index in [1.807, 2.05) is 37.3 Å². The van der Waals surface area contributed by atoms with Crippen molar-refractivity contribution in [3.05, 3.63) is 71.1 Å². The molecule has 2 spiro atoms. The highest BCUT2D eigenvalue weighted by molar-refractivity contribution is 7.91. The van der Waals surface area contributed by atoms with E-state index in [2.05, 4.69) is 15.0 Å². The fourth-order valence-electron chi connectivity index (χ4n) is 13.1. The lowest BCUT2D eigenvalue weighted by Crippen LogP contribution is -2.57. The SMILES string of the molecule is COC(=O)[C@@H]1C[C@]2(CCc3c(c(C(F)F)nc4ccc(OC)cc34)O2)CN1C(=O)OC(C)(C)C.COc1ccc2nc(C)c3c(c2c1)CC[C@]1(C[C@H]2C(=O)N[C@]4(C(=O)NS(=O)(=O)C5(C)CC5)C[C@H]4/C=C\CCCCC[C@H](CC(=O)OC(C)(C)C)C(=O)N2C1)O3. The summed E-state index contributed by atoms with van der Waals surface area (Å²) in [7, 11) is 0.386. The fourth-order valence-corrected chi connectivity index (χ4v) is 14.5. The van der Waals surface area contributed by atoms with Crippen molar-refractivity contribution < 1.29 is 79.1 Å². The molecule has 4 fully saturated rings. The number of halogens is 2. The summed E-state index contributed by atoms with van der Waals surface area (Å²) in [5, 5.41) is 4.54. The Morgan fingerprint density at radius 3 is 2.00 bits per heavy atom. The molecule has 5 aliphatic heterocycles. The molecule has 2 saturated carbocycles. The molecule has 7 aliphatic rings. The van der Waals surface area contributed by atoms with Gasteiger partial charge in [-0.1, -0.05) is 25.0 Å². The number of nitrogens with zero attached hydrogens (tertiary/aromatic N) is 4. The van der Waals surface area contributed by atoms with Crippen LogP contribution in [0.25, 0.3) is 21.8 Å². The van der Waals surface area contributed by atoms with Crippen LogP contribution in [-0.4, -0.2) is 143 Å². The molecule has 2 aromatic carbocycles. The summed E-state index contributed by atoms with van der Waals surface area (Å²) in [5.74, 6) is -2.08. The van der Waals surface area contributed by atoms with E-state index in [0.717, 1.165) is 35.7 Å². The Bertz CT molecular complexity index is 3640. The highest BCUT2D eigenvalue weighted by Gasteiger charge is 2.64. The van der Waals surface area contributed by atoms with Gasteiger partial charge in [0.1, 0.15) is 63.0 Å². The Hall–Kier alpha value is -7.37. The second-order valence-electron chi connectivity index (χ2n) is 27.2. The molecule has 7 heterocycles. The first kappa shape index (κ1) is 64.6. The zero-order valence-electron chi connectivity index (χ0n) is 52.6. The van der Waals surface area contributed by atoms with Gasteiger partial charge in [-0.2, -0.15) is 0 Å². The number of hydrogen-bond acceptors (Lipinski definition) is 17. The van der Waals surface area contributed by atoms with E-state index >= 15 is 0 Å². The number of nitrogens with one attached hydrogen (secondary N) is 2. The normalized spacial score (nSPS) is 26.8. The summed E-state index contributed by atoms with van der Waals surface area (Å²) in [6.07, 6.45) is 6.91. The van der Waals surface area contributed by atoms with Crippen LogP contribution in [0.3, 0.4) is 0 Å². The second kappa shape index (κ2) is 24.1. The first-order valence-electron chi connectivity index (χ1n) is 30.6. The molecule has 0 unspecified atom stereocenters. The van der Waals surface area contributed by atoms with Crippen molar-refractivity contribution in [2.45, 2.75) is 203 Å². The third-order valence-electron chi connectivity index (χ3n) is 18.3.